The van der Waals surface area contributed by atoms with Gasteiger partial charge in [0.2, 0.25) is 5.88 Å². The van der Waals surface area contributed by atoms with Crippen molar-refractivity contribution in [2.24, 2.45) is 5.10 Å². The molecule has 0 aliphatic heterocycles. The Kier molecular flexibility index (Phi) is 5.77. The molecule has 0 radical (unpaired) electrons. The SMILES string of the molecule is COc1cc(C(=O)NCC(=O)N/N=C(\C)c2csc3ccccc23)ccn1. The van der Waals surface area contributed by atoms with E-state index in [1.807, 2.05) is 36.6 Å². The van der Waals surface area contributed by atoms with Crippen LogP contribution in [0.5, 0.6) is 5.88 Å². The lowest BCUT2D eigenvalue weighted by atomic mass is 10.1. The summed E-state index contributed by atoms with van der Waals surface area (Å²) in [4.78, 5) is 28.0. The number of aromatic nitrogens is 1. The fourth-order valence-corrected chi connectivity index (χ4v) is 3.43. The van der Waals surface area contributed by atoms with Gasteiger partial charge in [0.15, 0.2) is 0 Å². The number of methoxy groups -OCH3 is 1. The minimum Gasteiger partial charge on any atom is -0.481 e. The van der Waals surface area contributed by atoms with Crippen LogP contribution in [0.4, 0.5) is 0 Å². The van der Waals surface area contributed by atoms with Crippen molar-refractivity contribution in [1.82, 2.24) is 15.7 Å². The molecule has 7 nitrogen and oxygen atoms in total. The Morgan fingerprint density at radius 2 is 2.07 bits per heavy atom. The Bertz CT molecular complexity index is 1010. The van der Waals surface area contributed by atoms with Crippen LogP contribution in [0.3, 0.4) is 0 Å². The quantitative estimate of drug-likeness (QED) is 0.506. The molecule has 2 aromatic heterocycles. The predicted octanol–water partition coefficient (Wildman–Crippen LogP) is 2.58. The smallest absolute Gasteiger partial charge is 0.259 e. The van der Waals surface area contributed by atoms with E-state index in [-0.39, 0.29) is 6.54 Å². The highest BCUT2D eigenvalue weighted by Crippen LogP contribution is 2.25. The number of rotatable bonds is 6. The molecule has 0 atom stereocenters. The summed E-state index contributed by atoms with van der Waals surface area (Å²) in [6.07, 6.45) is 1.46. The first-order chi connectivity index (χ1) is 13.1. The maximum absolute atomic E-state index is 12.1. The van der Waals surface area contributed by atoms with Crippen LogP contribution in [0, 0.1) is 0 Å². The normalized spacial score (nSPS) is 11.3. The average molecular weight is 382 g/mol. The van der Waals surface area contributed by atoms with Gasteiger partial charge < -0.3 is 10.1 Å². The minimum absolute atomic E-state index is 0.190. The number of benzene rings is 1. The van der Waals surface area contributed by atoms with Gasteiger partial charge in [0.1, 0.15) is 0 Å². The second kappa shape index (κ2) is 8.41. The van der Waals surface area contributed by atoms with Gasteiger partial charge in [-0.15, -0.1) is 11.3 Å². The number of pyridine rings is 1. The van der Waals surface area contributed by atoms with Gasteiger partial charge in [-0.25, -0.2) is 10.4 Å². The number of hydrogen-bond acceptors (Lipinski definition) is 6. The van der Waals surface area contributed by atoms with Crippen molar-refractivity contribution < 1.29 is 14.3 Å². The highest BCUT2D eigenvalue weighted by molar-refractivity contribution is 7.17. The van der Waals surface area contributed by atoms with Crippen LogP contribution in [0.1, 0.15) is 22.8 Å². The molecule has 0 saturated carbocycles. The van der Waals surface area contributed by atoms with Crippen LogP contribution in [0.25, 0.3) is 10.1 Å². The Morgan fingerprint density at radius 3 is 2.89 bits per heavy atom. The van der Waals surface area contributed by atoms with Gasteiger partial charge in [0.25, 0.3) is 11.8 Å². The Morgan fingerprint density at radius 1 is 1.26 bits per heavy atom. The minimum atomic E-state index is -0.414. The van der Waals surface area contributed by atoms with Crippen molar-refractivity contribution in [1.29, 1.82) is 0 Å². The third-order valence-electron chi connectivity index (χ3n) is 3.83. The molecule has 2 amide bonds. The van der Waals surface area contributed by atoms with E-state index in [0.717, 1.165) is 15.6 Å². The zero-order valence-electron chi connectivity index (χ0n) is 14.9. The molecular formula is C19H18N4O3S. The number of thiophene rings is 1. The molecule has 27 heavy (non-hydrogen) atoms. The van der Waals surface area contributed by atoms with E-state index in [9.17, 15) is 9.59 Å². The summed E-state index contributed by atoms with van der Waals surface area (Å²) in [5.41, 5.74) is 4.50. The van der Waals surface area contributed by atoms with Crippen LogP contribution in [-0.4, -0.2) is 36.2 Å². The number of nitrogens with one attached hydrogen (secondary N) is 2. The zero-order valence-corrected chi connectivity index (χ0v) is 15.7. The maximum Gasteiger partial charge on any atom is 0.259 e. The first kappa shape index (κ1) is 18.5. The summed E-state index contributed by atoms with van der Waals surface area (Å²) in [6.45, 7) is 1.64. The molecule has 1 aromatic carbocycles. The standard InChI is InChI=1S/C19H18N4O3S/c1-12(15-11-27-16-6-4-3-5-14(15)16)22-23-17(24)10-21-19(25)13-7-8-20-18(9-13)26-2/h3-9,11H,10H2,1-2H3,(H,21,25)(H,23,24)/b22-12+. The summed E-state index contributed by atoms with van der Waals surface area (Å²) in [7, 11) is 1.47. The second-order valence-corrected chi connectivity index (χ2v) is 6.56. The lowest BCUT2D eigenvalue weighted by Crippen LogP contribution is -2.35. The van der Waals surface area contributed by atoms with E-state index < -0.39 is 11.8 Å². The number of nitrogens with zero attached hydrogens (tertiary/aromatic N) is 2. The fourth-order valence-electron chi connectivity index (χ4n) is 2.43. The van der Waals surface area contributed by atoms with Crippen LogP contribution in [-0.2, 0) is 4.79 Å². The number of ether oxygens (including phenoxy) is 1. The fraction of sp³-hybridized carbons (Fsp3) is 0.158. The van der Waals surface area contributed by atoms with Crippen LogP contribution in [0.15, 0.2) is 53.1 Å². The van der Waals surface area contributed by atoms with Gasteiger partial charge in [-0.1, -0.05) is 18.2 Å². The summed E-state index contributed by atoms with van der Waals surface area (Å²) in [6, 6.07) is 11.0. The van der Waals surface area contributed by atoms with E-state index in [2.05, 4.69) is 20.8 Å². The van der Waals surface area contributed by atoms with Crippen molar-refractivity contribution >= 4 is 38.9 Å². The molecule has 0 unspecified atom stereocenters. The van der Waals surface area contributed by atoms with Crippen molar-refractivity contribution in [3.8, 4) is 5.88 Å². The number of hydrazone groups is 1. The molecule has 0 spiro atoms. The zero-order chi connectivity index (χ0) is 19.2. The summed E-state index contributed by atoms with van der Waals surface area (Å²) < 4.78 is 6.13. The van der Waals surface area contributed by atoms with E-state index in [4.69, 9.17) is 4.74 Å². The van der Waals surface area contributed by atoms with Gasteiger partial charge in [0, 0.05) is 38.9 Å². The predicted molar refractivity (Wildman–Crippen MR) is 105 cm³/mol. The summed E-state index contributed by atoms with van der Waals surface area (Å²) in [5.74, 6) is -0.478. The van der Waals surface area contributed by atoms with Gasteiger partial charge in [-0.3, -0.25) is 9.59 Å². The lowest BCUT2D eigenvalue weighted by Gasteiger charge is -2.06. The Hall–Kier alpha value is -3.26. The molecule has 138 valence electrons. The summed E-state index contributed by atoms with van der Waals surface area (Å²) >= 11 is 1.63. The molecule has 0 bridgehead atoms. The monoisotopic (exact) mass is 382 g/mol. The Labute approximate surface area is 160 Å². The number of amides is 2. The largest absolute Gasteiger partial charge is 0.481 e. The number of fused-ring (bicyclic) bond motifs is 1. The number of hydrogen-bond donors (Lipinski definition) is 2. The molecule has 0 aliphatic rings. The second-order valence-electron chi connectivity index (χ2n) is 5.65. The molecule has 3 aromatic rings. The van der Waals surface area contributed by atoms with Crippen molar-refractivity contribution in [3.63, 3.8) is 0 Å². The van der Waals surface area contributed by atoms with E-state index in [0.29, 0.717) is 17.2 Å². The van der Waals surface area contributed by atoms with Crippen molar-refractivity contribution in [2.75, 3.05) is 13.7 Å². The topological polar surface area (TPSA) is 92.7 Å². The molecular weight excluding hydrogens is 364 g/mol. The maximum atomic E-state index is 12.1. The molecule has 8 heteroatoms. The van der Waals surface area contributed by atoms with E-state index in [1.165, 1.54) is 19.4 Å². The molecule has 0 fully saturated rings. The van der Waals surface area contributed by atoms with Crippen molar-refractivity contribution in [3.05, 3.63) is 59.1 Å². The average Bonchev–Trinajstić information content (AvgIpc) is 3.14. The third-order valence-corrected chi connectivity index (χ3v) is 4.80. The first-order valence-electron chi connectivity index (χ1n) is 8.16. The van der Waals surface area contributed by atoms with Gasteiger partial charge >= 0.3 is 0 Å². The van der Waals surface area contributed by atoms with Crippen LogP contribution < -0.4 is 15.5 Å². The summed E-state index contributed by atoms with van der Waals surface area (Å²) in [5, 5.41) is 9.78. The van der Waals surface area contributed by atoms with Gasteiger partial charge in [-0.05, 0) is 19.1 Å². The van der Waals surface area contributed by atoms with E-state index >= 15 is 0 Å². The van der Waals surface area contributed by atoms with E-state index in [1.54, 1.807) is 17.4 Å². The van der Waals surface area contributed by atoms with Crippen molar-refractivity contribution in [2.45, 2.75) is 6.92 Å². The van der Waals surface area contributed by atoms with Crippen LogP contribution >= 0.6 is 11.3 Å². The van der Waals surface area contributed by atoms with Crippen LogP contribution in [0.2, 0.25) is 0 Å². The highest BCUT2D eigenvalue weighted by atomic mass is 32.1. The molecule has 0 aliphatic carbocycles. The Balaban J connectivity index is 1.57. The first-order valence-corrected chi connectivity index (χ1v) is 9.04. The number of carbonyl (C=O) groups is 2. The van der Waals surface area contributed by atoms with Gasteiger partial charge in [-0.2, -0.15) is 5.10 Å². The highest BCUT2D eigenvalue weighted by Gasteiger charge is 2.10. The third kappa shape index (κ3) is 4.48. The van der Waals surface area contributed by atoms with Gasteiger partial charge in [0.05, 0.1) is 19.4 Å². The number of carbonyl (C=O) groups excluding carboxylic acids is 2. The molecule has 0 saturated heterocycles. The molecule has 3 rings (SSSR count). The lowest BCUT2D eigenvalue weighted by molar-refractivity contribution is -0.120. The molecule has 2 N–H and O–H groups in total. The molecule has 2 heterocycles.